The number of rotatable bonds is 8. The van der Waals surface area contributed by atoms with Gasteiger partial charge >= 0.3 is 5.97 Å². The summed E-state index contributed by atoms with van der Waals surface area (Å²) in [4.78, 5) is 37.2. The molecule has 1 N–H and O–H groups in total. The molecular formula is C22H31NO4. The number of amides is 1. The van der Waals surface area contributed by atoms with E-state index in [0.717, 1.165) is 25.7 Å². The second kappa shape index (κ2) is 10.2. The highest BCUT2D eigenvalue weighted by molar-refractivity contribution is 5.98. The van der Waals surface area contributed by atoms with Crippen LogP contribution in [-0.2, 0) is 14.3 Å². The van der Waals surface area contributed by atoms with Crippen molar-refractivity contribution < 1.29 is 19.1 Å². The Balaban J connectivity index is 1.90. The van der Waals surface area contributed by atoms with E-state index in [1.807, 2.05) is 19.9 Å². The van der Waals surface area contributed by atoms with Gasteiger partial charge in [0.2, 0.25) is 5.91 Å². The van der Waals surface area contributed by atoms with Crippen LogP contribution < -0.4 is 5.32 Å². The lowest BCUT2D eigenvalue weighted by Gasteiger charge is -2.27. The van der Waals surface area contributed by atoms with Gasteiger partial charge in [0, 0.05) is 11.5 Å². The fourth-order valence-corrected chi connectivity index (χ4v) is 3.44. The zero-order chi connectivity index (χ0) is 19.8. The minimum Gasteiger partial charge on any atom is -0.456 e. The summed E-state index contributed by atoms with van der Waals surface area (Å²) >= 11 is 0. The van der Waals surface area contributed by atoms with Crippen LogP contribution in [0, 0.1) is 17.8 Å². The number of Topliss-reactive ketones (excluding diaryl/α,β-unsaturated/α-hetero) is 1. The molecule has 0 heterocycles. The maximum Gasteiger partial charge on any atom is 0.329 e. The van der Waals surface area contributed by atoms with Gasteiger partial charge in [0.1, 0.15) is 6.04 Å². The molecule has 0 aliphatic heterocycles. The van der Waals surface area contributed by atoms with Gasteiger partial charge in [-0.2, -0.15) is 0 Å². The first kappa shape index (κ1) is 21.1. The fraction of sp³-hybridized carbons (Fsp3) is 0.591. The first-order chi connectivity index (χ1) is 12.9. The second-order valence-electron chi connectivity index (χ2n) is 8.04. The van der Waals surface area contributed by atoms with Crippen LogP contribution in [0.5, 0.6) is 0 Å². The molecule has 1 saturated carbocycles. The third-order valence-corrected chi connectivity index (χ3v) is 5.14. The molecule has 1 unspecified atom stereocenters. The van der Waals surface area contributed by atoms with Crippen LogP contribution in [0.3, 0.4) is 0 Å². The molecule has 1 amide bonds. The number of esters is 1. The van der Waals surface area contributed by atoms with E-state index in [1.165, 1.54) is 0 Å². The molecule has 1 aromatic carbocycles. The van der Waals surface area contributed by atoms with Crippen LogP contribution in [0.1, 0.15) is 63.2 Å². The summed E-state index contributed by atoms with van der Waals surface area (Å²) in [5.41, 5.74) is 0.506. The number of hydrogen-bond acceptors (Lipinski definition) is 4. The van der Waals surface area contributed by atoms with Crippen molar-refractivity contribution in [3.8, 4) is 0 Å². The number of hydrogen-bond donors (Lipinski definition) is 1. The average Bonchev–Trinajstić information content (AvgIpc) is 2.66. The summed E-state index contributed by atoms with van der Waals surface area (Å²) in [6.45, 7) is 5.87. The molecule has 1 fully saturated rings. The van der Waals surface area contributed by atoms with Crippen molar-refractivity contribution in [2.24, 2.45) is 17.8 Å². The summed E-state index contributed by atoms with van der Waals surface area (Å²) in [7, 11) is 0. The van der Waals surface area contributed by atoms with Crippen molar-refractivity contribution in [1.82, 2.24) is 5.32 Å². The van der Waals surface area contributed by atoms with Crippen molar-refractivity contribution in [3.05, 3.63) is 35.9 Å². The molecule has 1 atom stereocenters. The lowest BCUT2D eigenvalue weighted by atomic mass is 9.82. The molecule has 148 valence electrons. The zero-order valence-corrected chi connectivity index (χ0v) is 16.6. The Bertz CT molecular complexity index is 633. The van der Waals surface area contributed by atoms with Crippen LogP contribution in [0.15, 0.2) is 30.3 Å². The Morgan fingerprint density at radius 3 is 2.30 bits per heavy atom. The van der Waals surface area contributed by atoms with Crippen LogP contribution in [0.2, 0.25) is 0 Å². The van der Waals surface area contributed by atoms with Crippen molar-refractivity contribution in [1.29, 1.82) is 0 Å². The van der Waals surface area contributed by atoms with E-state index in [2.05, 4.69) is 12.2 Å². The largest absolute Gasteiger partial charge is 0.456 e. The minimum absolute atomic E-state index is 0.0328. The van der Waals surface area contributed by atoms with E-state index in [4.69, 9.17) is 4.74 Å². The maximum atomic E-state index is 12.6. The van der Waals surface area contributed by atoms with Crippen molar-refractivity contribution in [3.63, 3.8) is 0 Å². The van der Waals surface area contributed by atoms with Gasteiger partial charge in [-0.15, -0.1) is 0 Å². The summed E-state index contributed by atoms with van der Waals surface area (Å²) < 4.78 is 5.22. The van der Waals surface area contributed by atoms with Gasteiger partial charge < -0.3 is 10.1 Å². The molecule has 1 aromatic rings. The third-order valence-electron chi connectivity index (χ3n) is 5.14. The molecule has 27 heavy (non-hydrogen) atoms. The van der Waals surface area contributed by atoms with Crippen molar-refractivity contribution in [2.45, 2.75) is 58.9 Å². The lowest BCUT2D eigenvalue weighted by Crippen LogP contribution is -2.46. The standard InChI is InChI=1S/C22H31NO4/c1-15(2)13-19(23-21(25)18-11-9-16(3)10-12-18)22(26)27-14-20(24)17-7-5-4-6-8-17/h4-8,15-16,18-19H,9-14H2,1-3H3,(H,23,25). The number of carbonyl (C=O) groups is 3. The van der Waals surface area contributed by atoms with E-state index in [-0.39, 0.29) is 30.1 Å². The normalized spacial score (nSPS) is 20.7. The van der Waals surface area contributed by atoms with E-state index < -0.39 is 12.0 Å². The molecule has 0 saturated heterocycles. The topological polar surface area (TPSA) is 72.5 Å². The quantitative estimate of drug-likeness (QED) is 0.556. The molecule has 5 nitrogen and oxygen atoms in total. The Morgan fingerprint density at radius 1 is 1.07 bits per heavy atom. The van der Waals surface area contributed by atoms with Crippen LogP contribution in [-0.4, -0.2) is 30.3 Å². The molecular weight excluding hydrogens is 342 g/mol. The van der Waals surface area contributed by atoms with Crippen molar-refractivity contribution in [2.75, 3.05) is 6.61 Å². The lowest BCUT2D eigenvalue weighted by molar-refractivity contribution is -0.148. The predicted octanol–water partition coefficient (Wildman–Crippen LogP) is 3.77. The second-order valence-corrected chi connectivity index (χ2v) is 8.04. The van der Waals surface area contributed by atoms with Crippen molar-refractivity contribution >= 4 is 17.7 Å². The minimum atomic E-state index is -0.708. The van der Waals surface area contributed by atoms with Crippen LogP contribution >= 0.6 is 0 Å². The highest BCUT2D eigenvalue weighted by Crippen LogP contribution is 2.28. The van der Waals surface area contributed by atoms with Gasteiger partial charge in [0.15, 0.2) is 12.4 Å². The van der Waals surface area contributed by atoms with E-state index in [1.54, 1.807) is 24.3 Å². The van der Waals surface area contributed by atoms with E-state index in [9.17, 15) is 14.4 Å². The zero-order valence-electron chi connectivity index (χ0n) is 16.6. The summed E-state index contributed by atoms with van der Waals surface area (Å²) in [6.07, 6.45) is 4.31. The molecule has 0 bridgehead atoms. The first-order valence-electron chi connectivity index (χ1n) is 9.92. The number of ether oxygens (including phenoxy) is 1. The molecule has 2 rings (SSSR count). The van der Waals surface area contributed by atoms with Gasteiger partial charge in [-0.3, -0.25) is 9.59 Å². The Kier molecular flexibility index (Phi) is 8.01. The van der Waals surface area contributed by atoms with E-state index >= 15 is 0 Å². The number of nitrogens with one attached hydrogen (secondary N) is 1. The van der Waals surface area contributed by atoms with Gasteiger partial charge in [-0.1, -0.05) is 51.1 Å². The average molecular weight is 373 g/mol. The molecule has 0 radical (unpaired) electrons. The Labute approximate surface area is 161 Å². The first-order valence-corrected chi connectivity index (χ1v) is 9.92. The highest BCUT2D eigenvalue weighted by Gasteiger charge is 2.29. The van der Waals surface area contributed by atoms with E-state index in [0.29, 0.717) is 17.9 Å². The monoisotopic (exact) mass is 373 g/mol. The van der Waals surface area contributed by atoms with Crippen LogP contribution in [0.4, 0.5) is 0 Å². The molecule has 5 heteroatoms. The summed E-state index contributed by atoms with van der Waals surface area (Å²) in [5, 5.41) is 2.87. The predicted molar refractivity (Wildman–Crippen MR) is 104 cm³/mol. The van der Waals surface area contributed by atoms with Gasteiger partial charge in [-0.05, 0) is 43.9 Å². The molecule has 0 spiro atoms. The van der Waals surface area contributed by atoms with Crippen LogP contribution in [0.25, 0.3) is 0 Å². The molecule has 1 aliphatic rings. The Morgan fingerprint density at radius 2 is 1.70 bits per heavy atom. The SMILES string of the molecule is CC(C)CC(NC(=O)C1CCC(C)CC1)C(=O)OCC(=O)c1ccccc1. The molecule has 1 aliphatic carbocycles. The maximum absolute atomic E-state index is 12.6. The number of ketones is 1. The van der Waals surface area contributed by atoms with Gasteiger partial charge in [0.25, 0.3) is 0 Å². The van der Waals surface area contributed by atoms with Gasteiger partial charge in [0.05, 0.1) is 0 Å². The fourth-order valence-electron chi connectivity index (χ4n) is 3.44. The molecule has 0 aromatic heterocycles. The smallest absolute Gasteiger partial charge is 0.329 e. The number of benzene rings is 1. The Hall–Kier alpha value is -2.17. The third kappa shape index (κ3) is 6.81. The highest BCUT2D eigenvalue weighted by atomic mass is 16.5. The summed E-state index contributed by atoms with van der Waals surface area (Å²) in [6, 6.07) is 8.02. The van der Waals surface area contributed by atoms with Gasteiger partial charge in [-0.25, -0.2) is 4.79 Å². The summed E-state index contributed by atoms with van der Waals surface area (Å²) in [5.74, 6) is -0.00706. The number of carbonyl (C=O) groups excluding carboxylic acids is 3.